The largest absolute Gasteiger partial charge is 0.493 e. The van der Waals surface area contributed by atoms with Gasteiger partial charge in [0.05, 0.1) is 37.6 Å². The number of hydrogen-bond acceptors (Lipinski definition) is 5. The van der Waals surface area contributed by atoms with Crippen LogP contribution >= 0.6 is 0 Å². The summed E-state index contributed by atoms with van der Waals surface area (Å²) in [5.74, 6) is 2.22. The fraction of sp³-hybridized carbons (Fsp3) is 0.333. The van der Waals surface area contributed by atoms with Crippen LogP contribution in [-0.2, 0) is 9.53 Å². The highest BCUT2D eigenvalue weighted by molar-refractivity contribution is 5.69. The Balaban J connectivity index is 1.17. The van der Waals surface area contributed by atoms with Crippen LogP contribution in [0, 0.1) is 24.3 Å². The molecule has 0 aliphatic heterocycles. The van der Waals surface area contributed by atoms with Gasteiger partial charge in [-0.15, -0.1) is 0 Å². The second-order valence-electron chi connectivity index (χ2n) is 7.64. The van der Waals surface area contributed by atoms with Gasteiger partial charge in [0.2, 0.25) is 0 Å². The quantitative estimate of drug-likeness (QED) is 0.230. The van der Waals surface area contributed by atoms with Crippen LogP contribution in [-0.4, -0.2) is 19.2 Å². The van der Waals surface area contributed by atoms with Crippen LogP contribution in [0.1, 0.15) is 19.3 Å². The average Bonchev–Trinajstić information content (AvgIpc) is 3.41. The first-order valence-corrected chi connectivity index (χ1v) is 10.2. The maximum atomic E-state index is 11.9. The zero-order valence-electron chi connectivity index (χ0n) is 16.6. The lowest BCUT2D eigenvalue weighted by Crippen LogP contribution is -2.18. The lowest BCUT2D eigenvalue weighted by atomic mass is 9.95. The number of rotatable bonds is 8. The Morgan fingerprint density at radius 3 is 2.30 bits per heavy atom. The summed E-state index contributed by atoms with van der Waals surface area (Å²) >= 11 is 0. The van der Waals surface area contributed by atoms with Crippen LogP contribution in [0.5, 0.6) is 5.75 Å². The van der Waals surface area contributed by atoms with Crippen molar-refractivity contribution in [1.82, 2.24) is 0 Å². The maximum absolute atomic E-state index is 11.9. The summed E-state index contributed by atoms with van der Waals surface area (Å²) < 4.78 is 11.1. The molecule has 2 aliphatic rings. The number of azo groups is 1. The first-order chi connectivity index (χ1) is 14.7. The van der Waals surface area contributed by atoms with Gasteiger partial charge in [0.1, 0.15) is 5.75 Å². The number of benzene rings is 2. The van der Waals surface area contributed by atoms with E-state index in [0.29, 0.717) is 47.2 Å². The minimum Gasteiger partial charge on any atom is -0.493 e. The third-order valence-corrected chi connectivity index (χ3v) is 5.55. The van der Waals surface area contributed by atoms with Gasteiger partial charge >= 0.3 is 5.97 Å². The summed E-state index contributed by atoms with van der Waals surface area (Å²) in [7, 11) is 0. The average molecular weight is 401 g/mol. The van der Waals surface area contributed by atoms with Crippen LogP contribution in [0.25, 0.3) is 4.85 Å². The highest BCUT2D eigenvalue weighted by Crippen LogP contribution is 2.43. The van der Waals surface area contributed by atoms with Gasteiger partial charge in [-0.25, -0.2) is 4.85 Å². The molecule has 0 heterocycles. The standard InChI is InChI=1S/C24H23N3O3/c1-25-20-4-6-21(7-5-20)26-27-22-8-10-23(11-9-22)29-13-12-24(28)30-16-19-15-17-2-3-18(19)14-17/h2-11,17-19H,12-16H2/b27-26+. The van der Waals surface area contributed by atoms with Crippen LogP contribution in [0.2, 0.25) is 0 Å². The van der Waals surface area contributed by atoms with Crippen LogP contribution < -0.4 is 4.74 Å². The molecule has 0 spiro atoms. The smallest absolute Gasteiger partial charge is 0.309 e. The molecular weight excluding hydrogens is 378 g/mol. The monoisotopic (exact) mass is 401 g/mol. The molecule has 3 atom stereocenters. The van der Waals surface area contributed by atoms with Crippen molar-refractivity contribution in [2.24, 2.45) is 28.0 Å². The normalized spacial score (nSPS) is 21.6. The molecule has 0 aromatic heterocycles. The Morgan fingerprint density at radius 2 is 1.70 bits per heavy atom. The van der Waals surface area contributed by atoms with Gasteiger partial charge in [-0.3, -0.25) is 4.79 Å². The maximum Gasteiger partial charge on any atom is 0.309 e. The summed E-state index contributed by atoms with van der Waals surface area (Å²) in [6.07, 6.45) is 7.15. The van der Waals surface area contributed by atoms with Crippen LogP contribution in [0.3, 0.4) is 0 Å². The number of allylic oxidation sites excluding steroid dienone is 2. The minimum atomic E-state index is -0.212. The second kappa shape index (κ2) is 9.36. The topological polar surface area (TPSA) is 64.6 Å². The van der Waals surface area contributed by atoms with Crippen molar-refractivity contribution in [3.8, 4) is 5.75 Å². The van der Waals surface area contributed by atoms with Gasteiger partial charge < -0.3 is 9.47 Å². The first kappa shape index (κ1) is 19.8. The number of fused-ring (bicyclic) bond motifs is 2. The molecule has 0 N–H and O–H groups in total. The molecule has 3 unspecified atom stereocenters. The summed E-state index contributed by atoms with van der Waals surface area (Å²) in [5, 5.41) is 8.32. The lowest BCUT2D eigenvalue weighted by Gasteiger charge is -2.17. The van der Waals surface area contributed by atoms with Gasteiger partial charge in [0, 0.05) is 0 Å². The van der Waals surface area contributed by atoms with Crippen molar-refractivity contribution in [1.29, 1.82) is 0 Å². The van der Waals surface area contributed by atoms with Crippen LogP contribution in [0.4, 0.5) is 17.1 Å². The van der Waals surface area contributed by atoms with Crippen LogP contribution in [0.15, 0.2) is 70.9 Å². The van der Waals surface area contributed by atoms with Gasteiger partial charge in [-0.2, -0.15) is 10.2 Å². The van der Waals surface area contributed by atoms with Gasteiger partial charge in [0.25, 0.3) is 0 Å². The van der Waals surface area contributed by atoms with E-state index in [1.54, 1.807) is 48.5 Å². The number of ether oxygens (including phenoxy) is 2. The van der Waals surface area contributed by atoms with Crippen molar-refractivity contribution in [2.75, 3.05) is 13.2 Å². The zero-order chi connectivity index (χ0) is 20.8. The molecule has 2 aromatic carbocycles. The first-order valence-electron chi connectivity index (χ1n) is 10.2. The van der Waals surface area contributed by atoms with E-state index in [2.05, 4.69) is 27.2 Å². The zero-order valence-corrected chi connectivity index (χ0v) is 16.6. The molecule has 1 fully saturated rings. The van der Waals surface area contributed by atoms with Gasteiger partial charge in [0.15, 0.2) is 5.69 Å². The summed E-state index contributed by atoms with van der Waals surface area (Å²) in [6, 6.07) is 14.1. The summed E-state index contributed by atoms with van der Waals surface area (Å²) in [6.45, 7) is 7.75. The highest BCUT2D eigenvalue weighted by Gasteiger charge is 2.36. The fourth-order valence-corrected chi connectivity index (χ4v) is 3.93. The molecular formula is C24H23N3O3. The van der Waals surface area contributed by atoms with E-state index < -0.39 is 0 Å². The number of carbonyl (C=O) groups is 1. The summed E-state index contributed by atoms with van der Waals surface area (Å²) in [5.41, 5.74) is 1.95. The van der Waals surface area contributed by atoms with E-state index in [9.17, 15) is 4.79 Å². The Labute approximate surface area is 176 Å². The van der Waals surface area contributed by atoms with Gasteiger partial charge in [-0.1, -0.05) is 24.3 Å². The molecule has 0 radical (unpaired) electrons. The molecule has 6 nitrogen and oxygen atoms in total. The Bertz CT molecular complexity index is 974. The number of nitrogens with zero attached hydrogens (tertiary/aromatic N) is 3. The van der Waals surface area contributed by atoms with Crippen molar-refractivity contribution in [3.63, 3.8) is 0 Å². The Morgan fingerprint density at radius 1 is 1.00 bits per heavy atom. The number of hydrogen-bond donors (Lipinski definition) is 0. The van der Waals surface area contributed by atoms with E-state index in [1.807, 2.05) is 0 Å². The summed E-state index contributed by atoms with van der Waals surface area (Å²) in [4.78, 5) is 15.3. The molecule has 0 amide bonds. The second-order valence-corrected chi connectivity index (χ2v) is 7.64. The van der Waals surface area contributed by atoms with E-state index >= 15 is 0 Å². The Hall–Kier alpha value is -3.46. The van der Waals surface area contributed by atoms with E-state index in [-0.39, 0.29) is 19.0 Å². The minimum absolute atomic E-state index is 0.212. The molecule has 4 rings (SSSR count). The van der Waals surface area contributed by atoms with Crippen molar-refractivity contribution in [3.05, 3.63) is 72.1 Å². The predicted octanol–water partition coefficient (Wildman–Crippen LogP) is 6.18. The number of carbonyl (C=O) groups excluding carboxylic acids is 1. The fourth-order valence-electron chi connectivity index (χ4n) is 3.93. The molecule has 6 heteroatoms. The molecule has 2 aliphatic carbocycles. The Kier molecular flexibility index (Phi) is 6.19. The molecule has 30 heavy (non-hydrogen) atoms. The van der Waals surface area contributed by atoms with E-state index in [4.69, 9.17) is 16.0 Å². The molecule has 152 valence electrons. The van der Waals surface area contributed by atoms with Gasteiger partial charge in [-0.05, 0) is 67.0 Å². The number of esters is 1. The predicted molar refractivity (Wildman–Crippen MR) is 113 cm³/mol. The molecule has 0 saturated heterocycles. The SMILES string of the molecule is [C-]#[N+]c1ccc(/N=N/c2ccc(OCCC(=O)OCC3CC4C=CC3C4)cc2)cc1. The molecule has 1 saturated carbocycles. The lowest BCUT2D eigenvalue weighted by molar-refractivity contribution is -0.145. The van der Waals surface area contributed by atoms with E-state index in [1.165, 1.54) is 6.42 Å². The third kappa shape index (κ3) is 5.12. The molecule has 2 aromatic rings. The van der Waals surface area contributed by atoms with Crippen molar-refractivity contribution < 1.29 is 14.3 Å². The van der Waals surface area contributed by atoms with Crippen molar-refractivity contribution >= 4 is 23.0 Å². The third-order valence-electron chi connectivity index (χ3n) is 5.55. The molecule has 2 bridgehead atoms. The van der Waals surface area contributed by atoms with E-state index in [0.717, 1.165) is 6.42 Å². The van der Waals surface area contributed by atoms with Crippen molar-refractivity contribution in [2.45, 2.75) is 19.3 Å². The highest BCUT2D eigenvalue weighted by atomic mass is 16.5.